The Labute approximate surface area is 613 Å². The second-order valence-corrected chi connectivity index (χ2v) is 33.5. The van der Waals surface area contributed by atoms with E-state index in [9.17, 15) is 43.2 Å². The molecule has 5 atom stereocenters. The zero-order chi connectivity index (χ0) is 73.7. The topological polar surface area (TPSA) is 237 Å². The minimum atomic E-state index is -4.96. The summed E-state index contributed by atoms with van der Waals surface area (Å²) in [5.74, 6) is 0.194. The highest BCUT2D eigenvalue weighted by molar-refractivity contribution is 7.47. The van der Waals surface area contributed by atoms with Crippen molar-refractivity contribution in [2.24, 2.45) is 17.8 Å². The van der Waals surface area contributed by atoms with Crippen molar-refractivity contribution in [1.82, 2.24) is 0 Å². The van der Waals surface area contributed by atoms with Crippen LogP contribution in [0.2, 0.25) is 0 Å². The van der Waals surface area contributed by atoms with Crippen LogP contribution in [-0.4, -0.2) is 96.7 Å². The van der Waals surface area contributed by atoms with Gasteiger partial charge in [0.05, 0.1) is 26.4 Å². The number of aliphatic hydroxyl groups excluding tert-OH is 1. The quantitative estimate of drug-likeness (QED) is 0.0222. The summed E-state index contributed by atoms with van der Waals surface area (Å²) in [6.07, 6.45) is 59.9. The molecular weight excluding hydrogens is 1310 g/mol. The maximum atomic E-state index is 13.1. The van der Waals surface area contributed by atoms with E-state index in [1.807, 2.05) is 0 Å². The Morgan fingerprint density at radius 2 is 0.460 bits per heavy atom. The lowest BCUT2D eigenvalue weighted by molar-refractivity contribution is -0.161. The van der Waals surface area contributed by atoms with Crippen LogP contribution in [0.25, 0.3) is 0 Å². The number of phosphoric ester groups is 2. The average Bonchev–Trinajstić information content (AvgIpc) is 0.925. The predicted molar refractivity (Wildman–Crippen MR) is 409 cm³/mol. The summed E-state index contributed by atoms with van der Waals surface area (Å²) in [5.41, 5.74) is 0. The highest BCUT2D eigenvalue weighted by Gasteiger charge is 2.30. The Hall–Kier alpha value is -1.94. The van der Waals surface area contributed by atoms with Gasteiger partial charge in [0.2, 0.25) is 0 Å². The minimum Gasteiger partial charge on any atom is -0.462 e. The molecule has 0 aromatic carbocycles. The van der Waals surface area contributed by atoms with E-state index in [1.165, 1.54) is 225 Å². The van der Waals surface area contributed by atoms with Crippen LogP contribution in [0.15, 0.2) is 0 Å². The lowest BCUT2D eigenvalue weighted by Crippen LogP contribution is -2.30. The summed E-state index contributed by atoms with van der Waals surface area (Å²) < 4.78 is 68.6. The largest absolute Gasteiger partial charge is 0.472 e. The van der Waals surface area contributed by atoms with Gasteiger partial charge in [-0.15, -0.1) is 0 Å². The Morgan fingerprint density at radius 3 is 0.680 bits per heavy atom. The summed E-state index contributed by atoms with van der Waals surface area (Å²) >= 11 is 0. The molecule has 0 fully saturated rings. The molecule has 0 aliphatic heterocycles. The molecule has 0 radical (unpaired) electrons. The smallest absolute Gasteiger partial charge is 0.462 e. The van der Waals surface area contributed by atoms with Crippen LogP contribution in [0.1, 0.15) is 421 Å². The molecule has 0 heterocycles. The molecular formula is C81H158O17P2. The molecule has 0 amide bonds. The van der Waals surface area contributed by atoms with E-state index in [0.717, 1.165) is 108 Å². The van der Waals surface area contributed by atoms with Gasteiger partial charge in [0, 0.05) is 25.7 Å². The van der Waals surface area contributed by atoms with E-state index < -0.39 is 97.5 Å². The van der Waals surface area contributed by atoms with Gasteiger partial charge in [-0.25, -0.2) is 9.13 Å². The first-order valence-electron chi connectivity index (χ1n) is 41.8. The monoisotopic (exact) mass is 1470 g/mol. The number of aliphatic hydroxyl groups is 1. The number of phosphoric acid groups is 2. The fourth-order valence-corrected chi connectivity index (χ4v) is 14.1. The van der Waals surface area contributed by atoms with E-state index in [4.69, 9.17) is 37.0 Å². The SMILES string of the molecule is CCCCCCCCCCCCCCC(=O)O[C@H](COC(=O)CCCCCCCCC(C)C)COP(=O)(O)OC[C@H](O)COP(=O)(O)OC[C@@H](COC(=O)CCCCCCCCCCCCCCCCCC(C)C)OC(=O)CCCCCCCCCCCCCCCCCCCCC(C)C. The first-order chi connectivity index (χ1) is 48.2. The van der Waals surface area contributed by atoms with Crippen molar-refractivity contribution in [2.75, 3.05) is 39.6 Å². The van der Waals surface area contributed by atoms with E-state index in [1.54, 1.807) is 0 Å². The first kappa shape index (κ1) is 98.1. The van der Waals surface area contributed by atoms with E-state index in [2.05, 4.69) is 48.5 Å². The molecule has 3 N–H and O–H groups in total. The molecule has 0 saturated carbocycles. The molecule has 0 bridgehead atoms. The van der Waals surface area contributed by atoms with Crippen molar-refractivity contribution in [1.29, 1.82) is 0 Å². The van der Waals surface area contributed by atoms with Crippen LogP contribution in [0.4, 0.5) is 0 Å². The molecule has 0 saturated heterocycles. The Morgan fingerprint density at radius 1 is 0.270 bits per heavy atom. The maximum Gasteiger partial charge on any atom is 0.472 e. The van der Waals surface area contributed by atoms with Gasteiger partial charge in [0.1, 0.15) is 19.3 Å². The zero-order valence-corrected chi connectivity index (χ0v) is 67.5. The number of unbranched alkanes of at least 4 members (excludes halogenated alkanes) is 47. The van der Waals surface area contributed by atoms with Crippen LogP contribution >= 0.6 is 15.6 Å². The van der Waals surface area contributed by atoms with Gasteiger partial charge < -0.3 is 33.8 Å². The standard InChI is InChI=1S/C81H158O17P2/c1-8-9-10-11-12-13-14-30-36-41-50-57-64-80(85)98-77(69-92-79(84)63-56-49-44-43-47-54-61-74(6)7)71-96-100(89,90)94-67-75(82)66-93-99(87,88)95-70-76(68-91-78(83)62-55-48-40-35-31-26-23-19-21-25-29-34-39-46-53-60-73(4)5)97-81(86)65-58-51-42-37-32-27-22-18-16-15-17-20-24-28-33-38-45-52-59-72(2)3/h72-77,82H,8-71H2,1-7H3,(H,87,88)(H,89,90)/t75-,76-,77-/m1/s1. The third-order valence-corrected chi connectivity index (χ3v) is 20.8. The number of ether oxygens (including phenoxy) is 4. The molecule has 0 aliphatic rings. The molecule has 0 aliphatic carbocycles. The van der Waals surface area contributed by atoms with Crippen molar-refractivity contribution in [3.8, 4) is 0 Å². The lowest BCUT2D eigenvalue weighted by atomic mass is 10.0. The Kier molecular flexibility index (Phi) is 69.9. The first-order valence-corrected chi connectivity index (χ1v) is 44.8. The Balaban J connectivity index is 5.20. The average molecular weight is 1470 g/mol. The van der Waals surface area contributed by atoms with Gasteiger partial charge in [-0.1, -0.05) is 370 Å². The molecule has 19 heteroatoms. The highest BCUT2D eigenvalue weighted by Crippen LogP contribution is 2.45. The van der Waals surface area contributed by atoms with Gasteiger partial charge in [-0.05, 0) is 43.4 Å². The van der Waals surface area contributed by atoms with E-state index in [0.29, 0.717) is 31.6 Å². The molecule has 0 rings (SSSR count). The number of carbonyl (C=O) groups excluding carboxylic acids is 4. The third kappa shape index (κ3) is 74.3. The van der Waals surface area contributed by atoms with Gasteiger partial charge >= 0.3 is 39.5 Å². The number of esters is 4. The van der Waals surface area contributed by atoms with Crippen LogP contribution in [0.3, 0.4) is 0 Å². The fraction of sp³-hybridized carbons (Fsp3) is 0.951. The summed E-state index contributed by atoms with van der Waals surface area (Å²) in [7, 11) is -9.92. The van der Waals surface area contributed by atoms with Crippen LogP contribution in [-0.2, 0) is 65.4 Å². The molecule has 17 nitrogen and oxygen atoms in total. The molecule has 100 heavy (non-hydrogen) atoms. The van der Waals surface area contributed by atoms with Crippen LogP contribution < -0.4 is 0 Å². The van der Waals surface area contributed by atoms with Crippen molar-refractivity contribution in [3.05, 3.63) is 0 Å². The second-order valence-electron chi connectivity index (χ2n) is 30.6. The summed E-state index contributed by atoms with van der Waals surface area (Å²) in [6, 6.07) is 0. The Bertz CT molecular complexity index is 1940. The van der Waals surface area contributed by atoms with Crippen molar-refractivity contribution in [3.63, 3.8) is 0 Å². The third-order valence-electron chi connectivity index (χ3n) is 18.9. The molecule has 0 aromatic heterocycles. The van der Waals surface area contributed by atoms with Crippen LogP contribution in [0.5, 0.6) is 0 Å². The van der Waals surface area contributed by atoms with Gasteiger partial charge in [-0.3, -0.25) is 37.3 Å². The number of hydrogen-bond donors (Lipinski definition) is 3. The number of carbonyl (C=O) groups is 4. The molecule has 0 spiro atoms. The normalized spacial score (nSPS) is 14.0. The molecule has 594 valence electrons. The van der Waals surface area contributed by atoms with Gasteiger partial charge in [-0.2, -0.15) is 0 Å². The van der Waals surface area contributed by atoms with Gasteiger partial charge in [0.25, 0.3) is 0 Å². The maximum absolute atomic E-state index is 13.1. The molecule has 0 aromatic rings. The minimum absolute atomic E-state index is 0.106. The fourth-order valence-electron chi connectivity index (χ4n) is 12.5. The number of rotatable bonds is 79. The number of hydrogen-bond acceptors (Lipinski definition) is 15. The van der Waals surface area contributed by atoms with E-state index >= 15 is 0 Å². The summed E-state index contributed by atoms with van der Waals surface area (Å²) in [5, 5.41) is 10.6. The summed E-state index contributed by atoms with van der Waals surface area (Å²) in [6.45, 7) is 11.9. The van der Waals surface area contributed by atoms with Crippen molar-refractivity contribution in [2.45, 2.75) is 439 Å². The van der Waals surface area contributed by atoms with E-state index in [-0.39, 0.29) is 25.7 Å². The zero-order valence-electron chi connectivity index (χ0n) is 65.7. The van der Waals surface area contributed by atoms with Crippen LogP contribution in [0, 0.1) is 17.8 Å². The highest BCUT2D eigenvalue weighted by atomic mass is 31.2. The van der Waals surface area contributed by atoms with Crippen molar-refractivity contribution >= 4 is 39.5 Å². The second kappa shape index (κ2) is 71.3. The van der Waals surface area contributed by atoms with Gasteiger partial charge in [0.15, 0.2) is 12.2 Å². The predicted octanol–water partition coefficient (Wildman–Crippen LogP) is 24.1. The lowest BCUT2D eigenvalue weighted by Gasteiger charge is -2.21. The molecule has 2 unspecified atom stereocenters. The van der Waals surface area contributed by atoms with Crippen molar-refractivity contribution < 1.29 is 80.2 Å². The summed E-state index contributed by atoms with van der Waals surface area (Å²) in [4.78, 5) is 72.9.